The molecule has 0 fully saturated rings. The van der Waals surface area contributed by atoms with Crippen LogP contribution in [0.4, 0.5) is 11.5 Å². The van der Waals surface area contributed by atoms with Crippen LogP contribution < -0.4 is 5.32 Å². The number of H-pyrrole nitrogens is 1. The molecule has 0 aliphatic heterocycles. The van der Waals surface area contributed by atoms with Crippen molar-refractivity contribution < 1.29 is 4.79 Å². The molecule has 0 unspecified atom stereocenters. The monoisotopic (exact) mass is 349 g/mol. The molecular weight excluding hydrogens is 334 g/mol. The summed E-state index contributed by atoms with van der Waals surface area (Å²) >= 11 is 1.68. The van der Waals surface area contributed by atoms with E-state index in [9.17, 15) is 4.79 Å². The molecule has 1 aromatic carbocycles. The molecule has 3 heterocycles. The quantitative estimate of drug-likeness (QED) is 0.552. The Bertz CT molecular complexity index is 1100. The Morgan fingerprint density at radius 2 is 2.28 bits per heavy atom. The number of hydrogen-bond acceptors (Lipinski definition) is 6. The number of thiophene rings is 1. The molecule has 0 bridgehead atoms. The van der Waals surface area contributed by atoms with Crippen LogP contribution in [0.5, 0.6) is 0 Å². The second kappa shape index (κ2) is 5.63. The number of carbonyl (C=O) groups is 1. The van der Waals surface area contributed by atoms with Crippen LogP contribution in [0.15, 0.2) is 30.7 Å². The molecule has 0 saturated carbocycles. The second-order valence-electron chi connectivity index (χ2n) is 6.34. The summed E-state index contributed by atoms with van der Waals surface area (Å²) in [5.74, 6) is 0.961. The lowest BCUT2D eigenvalue weighted by Gasteiger charge is -2.17. The van der Waals surface area contributed by atoms with Gasteiger partial charge in [0.2, 0.25) is 0 Å². The number of benzene rings is 1. The highest BCUT2D eigenvalue weighted by Crippen LogP contribution is 2.40. The van der Waals surface area contributed by atoms with E-state index in [0.29, 0.717) is 0 Å². The first-order chi connectivity index (χ1) is 12.3. The van der Waals surface area contributed by atoms with Crippen LogP contribution in [0, 0.1) is 5.92 Å². The Morgan fingerprint density at radius 3 is 3.20 bits per heavy atom. The molecule has 1 aliphatic rings. The number of nitrogens with zero attached hydrogens (tertiary/aromatic N) is 3. The number of aryl methyl sites for hydroxylation is 1. The maximum absolute atomic E-state index is 11.1. The number of hydrogen-bond donors (Lipinski definition) is 2. The van der Waals surface area contributed by atoms with E-state index in [0.717, 1.165) is 58.2 Å². The molecule has 1 atom stereocenters. The molecule has 6 nitrogen and oxygen atoms in total. The number of rotatable bonds is 3. The van der Waals surface area contributed by atoms with Crippen LogP contribution in [0.2, 0.25) is 0 Å². The molecule has 0 spiro atoms. The Morgan fingerprint density at radius 1 is 1.32 bits per heavy atom. The average Bonchev–Trinajstić information content (AvgIpc) is 3.25. The Hall–Kier alpha value is -2.80. The lowest BCUT2D eigenvalue weighted by Crippen LogP contribution is -2.13. The number of anilines is 2. The van der Waals surface area contributed by atoms with Crippen molar-refractivity contribution in [3.63, 3.8) is 0 Å². The van der Waals surface area contributed by atoms with Crippen molar-refractivity contribution in [2.75, 3.05) is 5.32 Å². The zero-order valence-corrected chi connectivity index (χ0v) is 14.1. The highest BCUT2D eigenvalue weighted by molar-refractivity contribution is 7.19. The highest BCUT2D eigenvalue weighted by Gasteiger charge is 2.24. The molecule has 3 aromatic heterocycles. The Kier molecular flexibility index (Phi) is 3.27. The van der Waals surface area contributed by atoms with Gasteiger partial charge in [-0.1, -0.05) is 0 Å². The van der Waals surface area contributed by atoms with E-state index in [1.165, 1.54) is 10.4 Å². The number of carbonyl (C=O) groups excluding carboxylic acids is 1. The van der Waals surface area contributed by atoms with Gasteiger partial charge in [-0.15, -0.1) is 11.3 Å². The Labute approximate surface area is 147 Å². The van der Waals surface area contributed by atoms with Crippen LogP contribution >= 0.6 is 11.3 Å². The van der Waals surface area contributed by atoms with Gasteiger partial charge in [-0.25, -0.2) is 9.97 Å². The lowest BCUT2D eigenvalue weighted by molar-refractivity contribution is -0.111. The van der Waals surface area contributed by atoms with Crippen LogP contribution in [-0.4, -0.2) is 26.5 Å². The minimum Gasteiger partial charge on any atom is -0.340 e. The van der Waals surface area contributed by atoms with E-state index in [-0.39, 0.29) is 5.92 Å². The zero-order valence-electron chi connectivity index (χ0n) is 13.3. The summed E-state index contributed by atoms with van der Waals surface area (Å²) in [7, 11) is 0. The van der Waals surface area contributed by atoms with Crippen LogP contribution in [-0.2, 0) is 17.6 Å². The molecule has 5 rings (SSSR count). The third-order valence-electron chi connectivity index (χ3n) is 4.78. The van der Waals surface area contributed by atoms with Gasteiger partial charge < -0.3 is 10.1 Å². The van der Waals surface area contributed by atoms with Crippen molar-refractivity contribution >= 4 is 50.2 Å². The molecule has 7 heteroatoms. The van der Waals surface area contributed by atoms with Gasteiger partial charge in [0.05, 0.1) is 17.1 Å². The summed E-state index contributed by atoms with van der Waals surface area (Å²) in [5, 5.41) is 12.6. The van der Waals surface area contributed by atoms with Gasteiger partial charge in [-0.05, 0) is 43.0 Å². The largest absolute Gasteiger partial charge is 0.340 e. The van der Waals surface area contributed by atoms with Crippen LogP contribution in [0.3, 0.4) is 0 Å². The SMILES string of the molecule is O=C[C@H]1CCc2c(sc3ncnc(Nc4ccc5[nH]ncc5c4)c23)C1. The van der Waals surface area contributed by atoms with Crippen molar-refractivity contribution in [1.82, 2.24) is 20.2 Å². The third kappa shape index (κ3) is 2.39. The fourth-order valence-electron chi connectivity index (χ4n) is 3.50. The molecule has 25 heavy (non-hydrogen) atoms. The molecule has 0 amide bonds. The summed E-state index contributed by atoms with van der Waals surface area (Å²) in [6.45, 7) is 0. The highest BCUT2D eigenvalue weighted by atomic mass is 32.1. The van der Waals surface area contributed by atoms with Crippen LogP contribution in [0.25, 0.3) is 21.1 Å². The summed E-state index contributed by atoms with van der Waals surface area (Å²) < 4.78 is 0. The number of nitrogens with one attached hydrogen (secondary N) is 2. The number of aldehydes is 1. The molecule has 0 saturated heterocycles. The van der Waals surface area contributed by atoms with Gasteiger partial charge in [0.25, 0.3) is 0 Å². The summed E-state index contributed by atoms with van der Waals surface area (Å²) in [6.07, 6.45) is 7.11. The van der Waals surface area contributed by atoms with Gasteiger partial charge >= 0.3 is 0 Å². The molecule has 0 radical (unpaired) electrons. The Balaban J connectivity index is 1.59. The minimum atomic E-state index is 0.133. The second-order valence-corrected chi connectivity index (χ2v) is 7.43. The van der Waals surface area contributed by atoms with E-state index in [1.54, 1.807) is 17.7 Å². The molecule has 4 aromatic rings. The van der Waals surface area contributed by atoms with Crippen molar-refractivity contribution in [2.24, 2.45) is 5.92 Å². The van der Waals surface area contributed by atoms with Crippen molar-refractivity contribution in [3.05, 3.63) is 41.2 Å². The fraction of sp³-hybridized carbons (Fsp3) is 0.222. The first kappa shape index (κ1) is 14.5. The average molecular weight is 349 g/mol. The number of aromatic nitrogens is 4. The lowest BCUT2D eigenvalue weighted by atomic mass is 9.89. The van der Waals surface area contributed by atoms with Gasteiger partial charge in [0, 0.05) is 21.9 Å². The molecule has 1 aliphatic carbocycles. The zero-order chi connectivity index (χ0) is 16.8. The van der Waals surface area contributed by atoms with Crippen molar-refractivity contribution in [2.45, 2.75) is 19.3 Å². The van der Waals surface area contributed by atoms with Gasteiger partial charge in [0.1, 0.15) is 23.3 Å². The third-order valence-corrected chi connectivity index (χ3v) is 5.94. The predicted octanol–water partition coefficient (Wildman–Crippen LogP) is 3.62. The fourth-order valence-corrected chi connectivity index (χ4v) is 4.78. The topological polar surface area (TPSA) is 83.6 Å². The summed E-state index contributed by atoms with van der Waals surface area (Å²) in [5.41, 5.74) is 3.27. The summed E-state index contributed by atoms with van der Waals surface area (Å²) in [4.78, 5) is 22.3. The van der Waals surface area contributed by atoms with Gasteiger partial charge in [-0.3, -0.25) is 5.10 Å². The molecular formula is C18H15N5OS. The first-order valence-corrected chi connectivity index (χ1v) is 9.04. The maximum Gasteiger partial charge on any atom is 0.142 e. The van der Waals surface area contributed by atoms with Crippen LogP contribution in [0.1, 0.15) is 16.9 Å². The summed E-state index contributed by atoms with van der Waals surface area (Å²) in [6, 6.07) is 6.06. The minimum absolute atomic E-state index is 0.133. The molecule has 124 valence electrons. The van der Waals surface area contributed by atoms with Gasteiger partial charge in [0.15, 0.2) is 0 Å². The number of fused-ring (bicyclic) bond motifs is 4. The predicted molar refractivity (Wildman–Crippen MR) is 98.4 cm³/mol. The van der Waals surface area contributed by atoms with E-state index in [4.69, 9.17) is 0 Å². The van der Waals surface area contributed by atoms with E-state index < -0.39 is 0 Å². The van der Waals surface area contributed by atoms with E-state index >= 15 is 0 Å². The first-order valence-electron chi connectivity index (χ1n) is 8.22. The normalized spacial score (nSPS) is 16.9. The smallest absolute Gasteiger partial charge is 0.142 e. The maximum atomic E-state index is 11.1. The van der Waals surface area contributed by atoms with E-state index in [1.807, 2.05) is 24.4 Å². The number of aromatic amines is 1. The van der Waals surface area contributed by atoms with Gasteiger partial charge in [-0.2, -0.15) is 5.10 Å². The van der Waals surface area contributed by atoms with Crippen molar-refractivity contribution in [1.29, 1.82) is 0 Å². The van der Waals surface area contributed by atoms with Crippen molar-refractivity contribution in [3.8, 4) is 0 Å². The standard InChI is InChI=1S/C18H15N5OS/c24-8-10-1-3-13-15(5-10)25-18-16(13)17(19-9-20-18)22-12-2-4-14-11(6-12)7-21-23-14/h2,4,6-10H,1,3,5H2,(H,21,23)(H,19,20,22)/t10-/m0/s1. The molecule has 2 N–H and O–H groups in total. The van der Waals surface area contributed by atoms with E-state index in [2.05, 4.69) is 25.5 Å².